The van der Waals surface area contributed by atoms with Crippen molar-refractivity contribution in [3.63, 3.8) is 0 Å². The first kappa shape index (κ1) is 15.8. The minimum atomic E-state index is -0.139. The molecule has 130 valence electrons. The maximum absolute atomic E-state index is 12.5. The standard InChI is InChI=1S/C18H21N5O2/c19-17-16(20-4-5-21-17)18(24)23-8-6-22(7-9-23)12-13-1-2-15-14(11-13)3-10-25-15/h1-2,4-5,11H,3,6-10,12H2,(H2,19,21). The third-order valence-corrected chi connectivity index (χ3v) is 4.75. The zero-order valence-corrected chi connectivity index (χ0v) is 14.0. The highest BCUT2D eigenvalue weighted by molar-refractivity contribution is 5.96. The molecule has 1 fully saturated rings. The van der Waals surface area contributed by atoms with E-state index in [1.165, 1.54) is 23.5 Å². The van der Waals surface area contributed by atoms with Crippen LogP contribution in [0.15, 0.2) is 30.6 Å². The summed E-state index contributed by atoms with van der Waals surface area (Å²) in [5, 5.41) is 0. The minimum absolute atomic E-state index is 0.139. The Morgan fingerprint density at radius 3 is 2.76 bits per heavy atom. The third kappa shape index (κ3) is 3.28. The molecule has 1 saturated heterocycles. The van der Waals surface area contributed by atoms with Crippen molar-refractivity contribution >= 4 is 11.7 Å². The van der Waals surface area contributed by atoms with Crippen molar-refractivity contribution in [2.24, 2.45) is 0 Å². The maximum atomic E-state index is 12.5. The fraction of sp³-hybridized carbons (Fsp3) is 0.389. The van der Waals surface area contributed by atoms with Crippen molar-refractivity contribution in [2.75, 3.05) is 38.5 Å². The van der Waals surface area contributed by atoms with Crippen LogP contribution >= 0.6 is 0 Å². The van der Waals surface area contributed by atoms with Crippen molar-refractivity contribution in [3.8, 4) is 5.75 Å². The summed E-state index contributed by atoms with van der Waals surface area (Å²) < 4.78 is 5.56. The van der Waals surface area contributed by atoms with E-state index in [0.29, 0.717) is 13.1 Å². The first-order valence-electron chi connectivity index (χ1n) is 8.53. The quantitative estimate of drug-likeness (QED) is 0.896. The molecule has 0 aliphatic carbocycles. The number of nitrogens with zero attached hydrogens (tertiary/aromatic N) is 4. The van der Waals surface area contributed by atoms with Crippen LogP contribution in [0.5, 0.6) is 5.75 Å². The van der Waals surface area contributed by atoms with Gasteiger partial charge in [-0.2, -0.15) is 0 Å². The molecule has 4 rings (SSSR count). The largest absolute Gasteiger partial charge is 0.493 e. The number of nitrogens with two attached hydrogens (primary N) is 1. The van der Waals surface area contributed by atoms with Crippen molar-refractivity contribution in [2.45, 2.75) is 13.0 Å². The first-order chi connectivity index (χ1) is 12.2. The lowest BCUT2D eigenvalue weighted by Crippen LogP contribution is -2.48. The number of rotatable bonds is 3. The van der Waals surface area contributed by atoms with Gasteiger partial charge in [0.2, 0.25) is 0 Å². The molecular formula is C18H21N5O2. The lowest BCUT2D eigenvalue weighted by molar-refractivity contribution is 0.0623. The van der Waals surface area contributed by atoms with Gasteiger partial charge in [-0.1, -0.05) is 12.1 Å². The molecule has 0 radical (unpaired) electrons. The summed E-state index contributed by atoms with van der Waals surface area (Å²) in [6.45, 7) is 4.68. The topological polar surface area (TPSA) is 84.6 Å². The highest BCUT2D eigenvalue weighted by Crippen LogP contribution is 2.26. The first-order valence-corrected chi connectivity index (χ1v) is 8.53. The summed E-state index contributed by atoms with van der Waals surface area (Å²) in [5.41, 5.74) is 8.59. The van der Waals surface area contributed by atoms with Crippen LogP contribution < -0.4 is 10.5 Å². The van der Waals surface area contributed by atoms with E-state index >= 15 is 0 Å². The highest BCUT2D eigenvalue weighted by atomic mass is 16.5. The molecule has 1 amide bonds. The SMILES string of the molecule is Nc1nccnc1C(=O)N1CCN(Cc2ccc3c(c2)CCO3)CC1. The average molecular weight is 339 g/mol. The van der Waals surface area contributed by atoms with Gasteiger partial charge in [0.05, 0.1) is 6.61 Å². The van der Waals surface area contributed by atoms with Crippen molar-refractivity contribution < 1.29 is 9.53 Å². The lowest BCUT2D eigenvalue weighted by Gasteiger charge is -2.34. The molecule has 1 aromatic carbocycles. The number of anilines is 1. The Kier molecular flexibility index (Phi) is 4.23. The number of carbonyl (C=O) groups excluding carboxylic acids is 1. The van der Waals surface area contributed by atoms with Gasteiger partial charge in [0.1, 0.15) is 5.75 Å². The monoisotopic (exact) mass is 339 g/mol. The van der Waals surface area contributed by atoms with Crippen molar-refractivity contribution in [1.82, 2.24) is 19.8 Å². The number of hydrogen-bond donors (Lipinski definition) is 1. The number of ether oxygens (including phenoxy) is 1. The average Bonchev–Trinajstić information content (AvgIpc) is 3.10. The molecular weight excluding hydrogens is 318 g/mol. The van der Waals surface area contributed by atoms with Gasteiger partial charge in [-0.25, -0.2) is 9.97 Å². The summed E-state index contributed by atoms with van der Waals surface area (Å²) >= 11 is 0. The fourth-order valence-electron chi connectivity index (χ4n) is 3.37. The van der Waals surface area contributed by atoms with Gasteiger partial charge < -0.3 is 15.4 Å². The number of hydrogen-bond acceptors (Lipinski definition) is 6. The second-order valence-electron chi connectivity index (χ2n) is 6.40. The molecule has 0 atom stereocenters. The Morgan fingerprint density at radius 2 is 1.96 bits per heavy atom. The zero-order valence-electron chi connectivity index (χ0n) is 14.0. The number of benzene rings is 1. The van der Waals surface area contributed by atoms with E-state index in [1.807, 2.05) is 0 Å². The molecule has 2 aliphatic heterocycles. The van der Waals surface area contributed by atoms with E-state index in [2.05, 4.69) is 33.1 Å². The Balaban J connectivity index is 1.35. The van der Waals surface area contributed by atoms with Crippen LogP contribution in [0.3, 0.4) is 0 Å². The lowest BCUT2D eigenvalue weighted by atomic mass is 10.1. The Bertz CT molecular complexity index is 787. The highest BCUT2D eigenvalue weighted by Gasteiger charge is 2.25. The van der Waals surface area contributed by atoms with Gasteiger partial charge in [-0.05, 0) is 17.2 Å². The molecule has 7 nitrogen and oxygen atoms in total. The number of piperazine rings is 1. The van der Waals surface area contributed by atoms with E-state index in [4.69, 9.17) is 10.5 Å². The van der Waals surface area contributed by atoms with Crippen LogP contribution in [-0.4, -0.2) is 58.5 Å². The van der Waals surface area contributed by atoms with Gasteiger partial charge >= 0.3 is 0 Å². The number of aromatic nitrogens is 2. The van der Waals surface area contributed by atoms with Crippen LogP contribution in [0.1, 0.15) is 21.6 Å². The van der Waals surface area contributed by atoms with Gasteiger partial charge in [0.15, 0.2) is 11.5 Å². The van der Waals surface area contributed by atoms with Gasteiger partial charge in [-0.15, -0.1) is 0 Å². The van der Waals surface area contributed by atoms with Crippen molar-refractivity contribution in [3.05, 3.63) is 47.4 Å². The van der Waals surface area contributed by atoms with E-state index in [1.54, 1.807) is 4.90 Å². The van der Waals surface area contributed by atoms with Gasteiger partial charge in [0, 0.05) is 51.5 Å². The molecule has 1 aromatic heterocycles. The van der Waals surface area contributed by atoms with Crippen LogP contribution in [0.4, 0.5) is 5.82 Å². The molecule has 0 spiro atoms. The Morgan fingerprint density at radius 1 is 1.16 bits per heavy atom. The Labute approximate surface area is 146 Å². The molecule has 7 heteroatoms. The predicted molar refractivity (Wildman–Crippen MR) is 93.3 cm³/mol. The van der Waals surface area contributed by atoms with E-state index in [-0.39, 0.29) is 17.4 Å². The molecule has 0 bridgehead atoms. The molecule has 3 heterocycles. The number of amides is 1. The molecule has 25 heavy (non-hydrogen) atoms. The number of fused-ring (bicyclic) bond motifs is 1. The van der Waals surface area contributed by atoms with Gasteiger partial charge in [0.25, 0.3) is 5.91 Å². The second-order valence-corrected chi connectivity index (χ2v) is 6.40. The van der Waals surface area contributed by atoms with Gasteiger partial charge in [-0.3, -0.25) is 9.69 Å². The second kappa shape index (κ2) is 6.68. The Hall–Kier alpha value is -2.67. The van der Waals surface area contributed by atoms with E-state index in [9.17, 15) is 4.79 Å². The van der Waals surface area contributed by atoms with Crippen LogP contribution in [-0.2, 0) is 13.0 Å². The summed E-state index contributed by atoms with van der Waals surface area (Å²) in [4.78, 5) is 24.7. The summed E-state index contributed by atoms with van der Waals surface area (Å²) in [5.74, 6) is 1.07. The maximum Gasteiger partial charge on any atom is 0.276 e. The molecule has 0 unspecified atom stereocenters. The third-order valence-electron chi connectivity index (χ3n) is 4.75. The predicted octanol–water partition coefficient (Wildman–Crippen LogP) is 0.952. The minimum Gasteiger partial charge on any atom is -0.493 e. The summed E-state index contributed by atoms with van der Waals surface area (Å²) in [7, 11) is 0. The molecule has 2 aliphatic rings. The normalized spacial score (nSPS) is 17.2. The van der Waals surface area contributed by atoms with Crippen LogP contribution in [0, 0.1) is 0 Å². The van der Waals surface area contributed by atoms with Crippen LogP contribution in [0.25, 0.3) is 0 Å². The molecule has 0 saturated carbocycles. The number of carbonyl (C=O) groups is 1. The van der Waals surface area contributed by atoms with Crippen molar-refractivity contribution in [1.29, 1.82) is 0 Å². The fourth-order valence-corrected chi connectivity index (χ4v) is 3.37. The smallest absolute Gasteiger partial charge is 0.276 e. The summed E-state index contributed by atoms with van der Waals surface area (Å²) in [6.07, 6.45) is 3.98. The zero-order chi connectivity index (χ0) is 17.2. The molecule has 2 aromatic rings. The van der Waals surface area contributed by atoms with E-state index < -0.39 is 0 Å². The molecule has 2 N–H and O–H groups in total. The van der Waals surface area contributed by atoms with Crippen LogP contribution in [0.2, 0.25) is 0 Å². The van der Waals surface area contributed by atoms with E-state index in [0.717, 1.165) is 38.4 Å². The summed E-state index contributed by atoms with van der Waals surface area (Å²) in [6, 6.07) is 6.43. The number of nitrogen functional groups attached to an aromatic ring is 1.